The maximum Gasteiger partial charge on any atom is 0.348 e. The van der Waals surface area contributed by atoms with Crippen LogP contribution in [-0.4, -0.2) is 24.6 Å². The molecule has 0 aliphatic carbocycles. The number of benzene rings is 1. The summed E-state index contributed by atoms with van der Waals surface area (Å²) in [5, 5.41) is 0. The van der Waals surface area contributed by atoms with Crippen molar-refractivity contribution in [1.29, 1.82) is 0 Å². The molecule has 0 fully saturated rings. The molecular weight excluding hydrogens is 288 g/mol. The molecular formula is C16H14O4S. The number of thiophene rings is 1. The zero-order valence-electron chi connectivity index (χ0n) is 11.9. The molecule has 1 aromatic heterocycles. The van der Waals surface area contributed by atoms with Crippen molar-refractivity contribution in [3.05, 3.63) is 56.8 Å². The van der Waals surface area contributed by atoms with E-state index in [1.54, 1.807) is 12.1 Å². The average molecular weight is 302 g/mol. The van der Waals surface area contributed by atoms with Gasteiger partial charge >= 0.3 is 5.97 Å². The largest absolute Gasteiger partial charge is 0.465 e. The fourth-order valence-electron chi connectivity index (χ4n) is 1.86. The monoisotopic (exact) mass is 302 g/mol. The molecule has 1 heterocycles. The third-order valence-electron chi connectivity index (χ3n) is 3.02. The maximum absolute atomic E-state index is 12.5. The van der Waals surface area contributed by atoms with E-state index in [-0.39, 0.29) is 26.9 Å². The van der Waals surface area contributed by atoms with Crippen LogP contribution < -0.4 is 0 Å². The number of ether oxygens (including phenoxy) is 1. The molecule has 0 spiro atoms. The van der Waals surface area contributed by atoms with Crippen molar-refractivity contribution in [1.82, 2.24) is 0 Å². The van der Waals surface area contributed by atoms with Gasteiger partial charge in [0.05, 0.1) is 12.0 Å². The molecule has 0 saturated heterocycles. The van der Waals surface area contributed by atoms with Crippen molar-refractivity contribution in [2.24, 2.45) is 0 Å². The van der Waals surface area contributed by atoms with Gasteiger partial charge in [-0.3, -0.25) is 9.59 Å². The number of esters is 1. The summed E-state index contributed by atoms with van der Waals surface area (Å²) in [7, 11) is 1.26. The Morgan fingerprint density at radius 2 is 1.71 bits per heavy atom. The summed E-state index contributed by atoms with van der Waals surface area (Å²) >= 11 is 0.983. The summed E-state index contributed by atoms with van der Waals surface area (Å²) < 4.78 is 4.63. The van der Waals surface area contributed by atoms with Crippen LogP contribution in [0.2, 0.25) is 0 Å². The van der Waals surface area contributed by atoms with Gasteiger partial charge in [-0.15, -0.1) is 11.3 Å². The summed E-state index contributed by atoms with van der Waals surface area (Å²) in [5.41, 5.74) is 1.78. The highest BCUT2D eigenvalue weighted by atomic mass is 32.1. The summed E-state index contributed by atoms with van der Waals surface area (Å²) in [5.74, 6) is -1.07. The van der Waals surface area contributed by atoms with E-state index >= 15 is 0 Å². The molecule has 5 heteroatoms. The van der Waals surface area contributed by atoms with Crippen molar-refractivity contribution >= 4 is 28.9 Å². The first-order valence-electron chi connectivity index (χ1n) is 6.28. The van der Waals surface area contributed by atoms with Gasteiger partial charge in [0.2, 0.25) is 5.78 Å². The second kappa shape index (κ2) is 6.01. The molecule has 0 saturated carbocycles. The highest BCUT2D eigenvalue weighted by molar-refractivity contribution is 7.16. The molecule has 0 bridgehead atoms. The average Bonchev–Trinajstić information content (AvgIpc) is 2.92. The molecule has 0 N–H and O–H groups in total. The standard InChI is InChI=1S/C16H14O4S/c1-9-4-6-11(7-5-9)14(18)15-12(10(2)17)8-13(21-15)16(19)20-3/h4-8H,1-3H3. The normalized spacial score (nSPS) is 10.2. The minimum atomic E-state index is -0.551. The van der Waals surface area contributed by atoms with E-state index in [0.29, 0.717) is 5.56 Å². The van der Waals surface area contributed by atoms with Crippen molar-refractivity contribution in [3.8, 4) is 0 Å². The molecule has 0 unspecified atom stereocenters. The Balaban J connectivity index is 2.49. The Hall–Kier alpha value is -2.27. The SMILES string of the molecule is COC(=O)c1cc(C(C)=O)c(C(=O)c2ccc(C)cc2)s1. The van der Waals surface area contributed by atoms with Crippen molar-refractivity contribution in [3.63, 3.8) is 0 Å². The summed E-state index contributed by atoms with van der Waals surface area (Å²) in [6, 6.07) is 8.49. The third-order valence-corrected chi connectivity index (χ3v) is 4.13. The van der Waals surface area contributed by atoms with Gasteiger partial charge in [-0.25, -0.2) is 4.79 Å². The fourth-order valence-corrected chi connectivity index (χ4v) is 2.94. The van der Waals surface area contributed by atoms with Crippen molar-refractivity contribution in [2.75, 3.05) is 7.11 Å². The molecule has 108 valence electrons. The van der Waals surface area contributed by atoms with Gasteiger partial charge in [-0.1, -0.05) is 29.8 Å². The van der Waals surface area contributed by atoms with E-state index in [4.69, 9.17) is 0 Å². The molecule has 0 aliphatic rings. The Kier molecular flexibility index (Phi) is 4.33. The molecule has 0 radical (unpaired) electrons. The highest BCUT2D eigenvalue weighted by Gasteiger charge is 2.23. The van der Waals surface area contributed by atoms with Crippen LogP contribution in [0.15, 0.2) is 30.3 Å². The number of carbonyl (C=O) groups is 3. The zero-order valence-corrected chi connectivity index (χ0v) is 12.7. The Labute approximate surface area is 126 Å². The van der Waals surface area contributed by atoms with Crippen molar-refractivity contribution in [2.45, 2.75) is 13.8 Å². The lowest BCUT2D eigenvalue weighted by molar-refractivity contribution is 0.0606. The first-order valence-corrected chi connectivity index (χ1v) is 7.10. The molecule has 1 aromatic carbocycles. The molecule has 0 aliphatic heterocycles. The summed E-state index contributed by atoms with van der Waals surface area (Å²) in [6.07, 6.45) is 0. The van der Waals surface area contributed by atoms with E-state index < -0.39 is 5.97 Å². The van der Waals surface area contributed by atoms with Crippen LogP contribution in [-0.2, 0) is 4.74 Å². The summed E-state index contributed by atoms with van der Waals surface area (Å²) in [6.45, 7) is 3.30. The Morgan fingerprint density at radius 1 is 1.10 bits per heavy atom. The first kappa shape index (κ1) is 15.1. The summed E-state index contributed by atoms with van der Waals surface area (Å²) in [4.78, 5) is 36.3. The quantitative estimate of drug-likeness (QED) is 0.642. The number of methoxy groups -OCH3 is 1. The number of Topliss-reactive ketones (excluding diaryl/α,β-unsaturated/α-hetero) is 1. The number of rotatable bonds is 4. The second-order valence-electron chi connectivity index (χ2n) is 4.60. The lowest BCUT2D eigenvalue weighted by Crippen LogP contribution is -2.04. The van der Waals surface area contributed by atoms with Gasteiger partial charge < -0.3 is 4.74 Å². The minimum Gasteiger partial charge on any atom is -0.465 e. The van der Waals surface area contributed by atoms with Crippen LogP contribution in [0.1, 0.15) is 47.8 Å². The van der Waals surface area contributed by atoms with Gasteiger partial charge in [-0.2, -0.15) is 0 Å². The smallest absolute Gasteiger partial charge is 0.348 e. The topological polar surface area (TPSA) is 60.4 Å². The molecule has 4 nitrogen and oxygen atoms in total. The van der Waals surface area contributed by atoms with Crippen LogP contribution in [0, 0.1) is 6.92 Å². The predicted molar refractivity (Wildman–Crippen MR) is 80.3 cm³/mol. The number of hydrogen-bond acceptors (Lipinski definition) is 5. The van der Waals surface area contributed by atoms with E-state index in [9.17, 15) is 14.4 Å². The van der Waals surface area contributed by atoms with Gasteiger partial charge in [0, 0.05) is 11.1 Å². The van der Waals surface area contributed by atoms with Crippen LogP contribution in [0.3, 0.4) is 0 Å². The van der Waals surface area contributed by atoms with Crippen LogP contribution in [0.25, 0.3) is 0 Å². The Morgan fingerprint density at radius 3 is 2.24 bits per heavy atom. The molecule has 2 aromatic rings. The number of aryl methyl sites for hydroxylation is 1. The van der Waals surface area contributed by atoms with E-state index in [0.717, 1.165) is 16.9 Å². The van der Waals surface area contributed by atoms with E-state index in [1.165, 1.54) is 20.1 Å². The Bertz CT molecular complexity index is 710. The minimum absolute atomic E-state index is 0.248. The first-order chi connectivity index (χ1) is 9.93. The lowest BCUT2D eigenvalue weighted by atomic mass is 10.0. The van der Waals surface area contributed by atoms with Gasteiger partial charge in [0.1, 0.15) is 4.88 Å². The zero-order chi connectivity index (χ0) is 15.6. The van der Waals surface area contributed by atoms with Crippen LogP contribution in [0.5, 0.6) is 0 Å². The maximum atomic E-state index is 12.5. The predicted octanol–water partition coefficient (Wildman–Crippen LogP) is 3.28. The van der Waals surface area contributed by atoms with Gasteiger partial charge in [-0.05, 0) is 19.9 Å². The molecule has 0 amide bonds. The fraction of sp³-hybridized carbons (Fsp3) is 0.188. The number of carbonyl (C=O) groups excluding carboxylic acids is 3. The molecule has 0 atom stereocenters. The van der Waals surface area contributed by atoms with Crippen molar-refractivity contribution < 1.29 is 19.1 Å². The van der Waals surface area contributed by atoms with Gasteiger partial charge in [0.15, 0.2) is 5.78 Å². The lowest BCUT2D eigenvalue weighted by Gasteiger charge is -2.01. The molecule has 21 heavy (non-hydrogen) atoms. The number of ketones is 2. The van der Waals surface area contributed by atoms with Crippen LogP contribution >= 0.6 is 11.3 Å². The van der Waals surface area contributed by atoms with Gasteiger partial charge in [0.25, 0.3) is 0 Å². The van der Waals surface area contributed by atoms with E-state index in [2.05, 4.69) is 4.74 Å². The third kappa shape index (κ3) is 3.08. The van der Waals surface area contributed by atoms with Crippen LogP contribution in [0.4, 0.5) is 0 Å². The second-order valence-corrected chi connectivity index (χ2v) is 5.65. The highest BCUT2D eigenvalue weighted by Crippen LogP contribution is 2.26. The number of hydrogen-bond donors (Lipinski definition) is 0. The van der Waals surface area contributed by atoms with E-state index in [1.807, 2.05) is 19.1 Å². The molecule has 2 rings (SSSR count).